The Morgan fingerprint density at radius 1 is 0.966 bits per heavy atom. The van der Waals surface area contributed by atoms with Crippen molar-refractivity contribution in [2.45, 2.75) is 6.42 Å². The number of piperazine rings is 1. The van der Waals surface area contributed by atoms with Gasteiger partial charge >= 0.3 is 0 Å². The van der Waals surface area contributed by atoms with Crippen LogP contribution >= 0.6 is 0 Å². The Bertz CT molecular complexity index is 898. The smallest absolute Gasteiger partial charge is 0.261 e. The molecule has 2 heterocycles. The molecule has 4 rings (SSSR count). The number of likely N-dealkylation sites (N-methyl/N-ethyl adjacent to an activating group) is 1. The number of fused-ring (bicyclic) bond motifs is 1. The van der Waals surface area contributed by atoms with E-state index in [1.807, 2.05) is 24.3 Å². The highest BCUT2D eigenvalue weighted by atomic mass is 16.2. The number of rotatable bonds is 5. The van der Waals surface area contributed by atoms with Crippen LogP contribution in [0.3, 0.4) is 0 Å². The number of nitrogens with one attached hydrogen (secondary N) is 2. The maximum atomic E-state index is 12.4. The van der Waals surface area contributed by atoms with Crippen LogP contribution in [-0.4, -0.2) is 62.4 Å². The molecule has 29 heavy (non-hydrogen) atoms. The summed E-state index contributed by atoms with van der Waals surface area (Å²) >= 11 is 0. The number of nitrogens with zero attached hydrogens (tertiary/aromatic N) is 2. The van der Waals surface area contributed by atoms with Crippen LogP contribution in [0.5, 0.6) is 0 Å². The number of hydrogen-bond acceptors (Lipinski definition) is 4. The van der Waals surface area contributed by atoms with E-state index in [9.17, 15) is 14.4 Å². The van der Waals surface area contributed by atoms with Gasteiger partial charge in [0, 0.05) is 24.3 Å². The zero-order chi connectivity index (χ0) is 20.4. The van der Waals surface area contributed by atoms with E-state index in [1.54, 1.807) is 29.2 Å². The van der Waals surface area contributed by atoms with Gasteiger partial charge in [0.2, 0.25) is 5.91 Å². The average Bonchev–Trinajstić information content (AvgIpc) is 2.98. The van der Waals surface area contributed by atoms with Crippen molar-refractivity contribution in [3.8, 4) is 0 Å². The Labute approximate surface area is 169 Å². The van der Waals surface area contributed by atoms with Crippen molar-refractivity contribution in [2.24, 2.45) is 0 Å². The summed E-state index contributed by atoms with van der Waals surface area (Å²) in [5.41, 5.74) is 2.67. The molecule has 0 spiro atoms. The van der Waals surface area contributed by atoms with Gasteiger partial charge in [-0.25, -0.2) is 0 Å². The van der Waals surface area contributed by atoms with E-state index in [0.717, 1.165) is 36.8 Å². The van der Waals surface area contributed by atoms with Gasteiger partial charge in [0.1, 0.15) is 0 Å². The van der Waals surface area contributed by atoms with E-state index in [2.05, 4.69) is 17.3 Å². The van der Waals surface area contributed by atoms with Crippen molar-refractivity contribution in [3.05, 3.63) is 59.7 Å². The fraction of sp³-hybridized carbons (Fsp3) is 0.318. The monoisotopic (exact) mass is 393 g/mol. The molecular weight excluding hydrogens is 368 g/mol. The normalized spacial score (nSPS) is 16.9. The summed E-state index contributed by atoms with van der Waals surface area (Å²) in [4.78, 5) is 42.0. The Hall–Kier alpha value is -3.19. The third-order valence-electron chi connectivity index (χ3n) is 5.57. The molecule has 2 aliphatic heterocycles. The van der Waals surface area contributed by atoms with Gasteiger partial charge in [-0.3, -0.25) is 19.3 Å². The van der Waals surface area contributed by atoms with E-state index in [0.29, 0.717) is 16.8 Å². The van der Waals surface area contributed by atoms with E-state index in [1.165, 1.54) is 0 Å². The lowest BCUT2D eigenvalue weighted by atomic mass is 10.1. The van der Waals surface area contributed by atoms with Crippen molar-refractivity contribution in [2.75, 3.05) is 50.0 Å². The van der Waals surface area contributed by atoms with Crippen LogP contribution in [0.2, 0.25) is 0 Å². The fourth-order valence-corrected chi connectivity index (χ4v) is 3.78. The molecule has 0 saturated carbocycles. The molecule has 150 valence electrons. The summed E-state index contributed by atoms with van der Waals surface area (Å²) in [7, 11) is 2.21. The van der Waals surface area contributed by atoms with Crippen LogP contribution < -0.4 is 15.1 Å². The molecule has 3 amide bonds. The van der Waals surface area contributed by atoms with E-state index >= 15 is 0 Å². The number of benzene rings is 2. The first-order valence-corrected chi connectivity index (χ1v) is 9.94. The molecule has 2 N–H and O–H groups in total. The average molecular weight is 393 g/mol. The van der Waals surface area contributed by atoms with Crippen LogP contribution in [0.25, 0.3) is 0 Å². The SMILES string of the molecule is C[NH+]1CCN(c2ccc(NC(=O)CCN3C(=O)c4ccccc4C3=O)cc2)CC1. The van der Waals surface area contributed by atoms with Gasteiger partial charge in [-0.05, 0) is 36.4 Å². The maximum absolute atomic E-state index is 12.4. The van der Waals surface area contributed by atoms with E-state index in [4.69, 9.17) is 0 Å². The number of amides is 3. The first-order valence-electron chi connectivity index (χ1n) is 9.94. The molecule has 1 fully saturated rings. The Kier molecular flexibility index (Phi) is 5.31. The largest absolute Gasteiger partial charge is 0.360 e. The van der Waals surface area contributed by atoms with Gasteiger partial charge in [-0.2, -0.15) is 0 Å². The van der Waals surface area contributed by atoms with Crippen molar-refractivity contribution in [1.29, 1.82) is 0 Å². The van der Waals surface area contributed by atoms with Crippen molar-refractivity contribution in [3.63, 3.8) is 0 Å². The fourth-order valence-electron chi connectivity index (χ4n) is 3.78. The quantitative estimate of drug-likeness (QED) is 0.732. The minimum Gasteiger partial charge on any atom is -0.360 e. The topological polar surface area (TPSA) is 74.2 Å². The van der Waals surface area contributed by atoms with Gasteiger partial charge in [0.15, 0.2) is 0 Å². The lowest BCUT2D eigenvalue weighted by Crippen LogP contribution is -3.12. The molecule has 1 saturated heterocycles. The molecule has 0 aromatic heterocycles. The molecule has 0 unspecified atom stereocenters. The Morgan fingerprint density at radius 2 is 1.55 bits per heavy atom. The second-order valence-corrected chi connectivity index (χ2v) is 7.60. The minimum atomic E-state index is -0.336. The molecule has 7 nitrogen and oxygen atoms in total. The summed E-state index contributed by atoms with van der Waals surface area (Å²) in [6, 6.07) is 14.5. The number of imide groups is 1. The predicted molar refractivity (Wildman–Crippen MR) is 110 cm³/mol. The molecule has 2 aromatic carbocycles. The van der Waals surface area contributed by atoms with Gasteiger partial charge in [0.05, 0.1) is 44.4 Å². The zero-order valence-corrected chi connectivity index (χ0v) is 16.5. The van der Waals surface area contributed by atoms with Crippen molar-refractivity contribution < 1.29 is 19.3 Å². The summed E-state index contributed by atoms with van der Waals surface area (Å²) < 4.78 is 0. The van der Waals surface area contributed by atoms with E-state index in [-0.39, 0.29) is 30.7 Å². The first kappa shape index (κ1) is 19.1. The van der Waals surface area contributed by atoms with Crippen molar-refractivity contribution >= 4 is 29.1 Å². The van der Waals surface area contributed by atoms with Gasteiger partial charge in [0.25, 0.3) is 11.8 Å². The van der Waals surface area contributed by atoms with Crippen LogP contribution in [0.1, 0.15) is 27.1 Å². The number of hydrogen-bond donors (Lipinski definition) is 2. The summed E-state index contributed by atoms with van der Waals surface area (Å²) in [5.74, 6) is -0.897. The number of anilines is 2. The standard InChI is InChI=1S/C22H24N4O3/c1-24-12-14-25(15-13-24)17-8-6-16(7-9-17)23-20(27)10-11-26-21(28)18-4-2-3-5-19(18)22(26)29/h2-9H,10-15H2,1H3,(H,23,27)/p+1. The lowest BCUT2D eigenvalue weighted by molar-refractivity contribution is -0.880. The van der Waals surface area contributed by atoms with Crippen molar-refractivity contribution in [1.82, 2.24) is 4.90 Å². The van der Waals surface area contributed by atoms with Crippen LogP contribution in [-0.2, 0) is 4.79 Å². The van der Waals surface area contributed by atoms with Gasteiger partial charge < -0.3 is 15.1 Å². The molecule has 0 atom stereocenters. The molecule has 0 bridgehead atoms. The second kappa shape index (κ2) is 8.05. The highest BCUT2D eigenvalue weighted by Crippen LogP contribution is 2.23. The summed E-state index contributed by atoms with van der Waals surface area (Å²) in [5, 5.41) is 2.84. The van der Waals surface area contributed by atoms with Crippen LogP contribution in [0.4, 0.5) is 11.4 Å². The third-order valence-corrected chi connectivity index (χ3v) is 5.57. The Morgan fingerprint density at radius 3 is 2.14 bits per heavy atom. The molecule has 2 aromatic rings. The number of carbonyl (C=O) groups excluding carboxylic acids is 3. The lowest BCUT2D eigenvalue weighted by Gasteiger charge is -2.31. The molecule has 2 aliphatic rings. The van der Waals surface area contributed by atoms with E-state index < -0.39 is 0 Å². The Balaban J connectivity index is 1.30. The second-order valence-electron chi connectivity index (χ2n) is 7.60. The van der Waals surface area contributed by atoms with Gasteiger partial charge in [-0.1, -0.05) is 12.1 Å². The molecule has 0 radical (unpaired) electrons. The maximum Gasteiger partial charge on any atom is 0.261 e. The highest BCUT2D eigenvalue weighted by molar-refractivity contribution is 6.21. The minimum absolute atomic E-state index is 0.0639. The third kappa shape index (κ3) is 4.00. The van der Waals surface area contributed by atoms with Crippen LogP contribution in [0.15, 0.2) is 48.5 Å². The number of carbonyl (C=O) groups is 3. The summed E-state index contributed by atoms with van der Waals surface area (Å²) in [6.45, 7) is 4.36. The predicted octanol–water partition coefficient (Wildman–Crippen LogP) is 0.646. The number of quaternary nitrogens is 1. The van der Waals surface area contributed by atoms with Gasteiger partial charge in [-0.15, -0.1) is 0 Å². The highest BCUT2D eigenvalue weighted by Gasteiger charge is 2.34. The zero-order valence-electron chi connectivity index (χ0n) is 16.5. The first-order chi connectivity index (χ1) is 14.0. The summed E-state index contributed by atoms with van der Waals surface area (Å²) in [6.07, 6.45) is 0.0639. The molecule has 0 aliphatic carbocycles. The molecular formula is C22H25N4O3+. The van der Waals surface area contributed by atoms with Crippen LogP contribution in [0, 0.1) is 0 Å². The molecule has 7 heteroatoms.